The van der Waals surface area contributed by atoms with Crippen LogP contribution in [-0.4, -0.2) is 33.4 Å². The Morgan fingerprint density at radius 3 is 2.72 bits per heavy atom. The lowest BCUT2D eigenvalue weighted by Crippen LogP contribution is -2.36. The summed E-state index contributed by atoms with van der Waals surface area (Å²) in [6.07, 6.45) is 5.02. The van der Waals surface area contributed by atoms with E-state index in [4.69, 9.17) is 0 Å². The minimum absolute atomic E-state index is 0.0525. The largest absolute Gasteiger partial charge is 0.352 e. The van der Waals surface area contributed by atoms with Crippen molar-refractivity contribution < 1.29 is 4.79 Å². The van der Waals surface area contributed by atoms with E-state index in [2.05, 4.69) is 51.4 Å². The monoisotopic (exact) mass is 390 g/mol. The molecule has 152 valence electrons. The predicted octanol–water partition coefficient (Wildman–Crippen LogP) is 4.19. The van der Waals surface area contributed by atoms with Gasteiger partial charge in [-0.2, -0.15) is 0 Å². The van der Waals surface area contributed by atoms with E-state index in [9.17, 15) is 4.79 Å². The summed E-state index contributed by atoms with van der Waals surface area (Å²) in [7, 11) is 0. The van der Waals surface area contributed by atoms with Crippen molar-refractivity contribution in [3.63, 3.8) is 0 Å². The van der Waals surface area contributed by atoms with Crippen molar-refractivity contribution in [3.05, 3.63) is 65.5 Å². The van der Waals surface area contributed by atoms with Crippen molar-refractivity contribution in [3.8, 4) is 0 Å². The molecule has 1 fully saturated rings. The number of benzene rings is 2. The molecule has 2 heterocycles. The number of nitrogens with zero attached hydrogens (tertiary/aromatic N) is 2. The van der Waals surface area contributed by atoms with Crippen molar-refractivity contribution in [1.29, 1.82) is 0 Å². The number of likely N-dealkylation sites (tertiary alicyclic amines) is 1. The van der Waals surface area contributed by atoms with Crippen LogP contribution in [0, 0.1) is 0 Å². The van der Waals surface area contributed by atoms with Gasteiger partial charge in [0.25, 0.3) is 0 Å². The van der Waals surface area contributed by atoms with Gasteiger partial charge in [-0.15, -0.1) is 0 Å². The van der Waals surface area contributed by atoms with Gasteiger partial charge < -0.3 is 10.3 Å². The number of fused-ring (bicyclic) bond motifs is 1. The lowest BCUT2D eigenvalue weighted by Gasteiger charge is -2.33. The molecule has 0 aliphatic carbocycles. The van der Waals surface area contributed by atoms with Gasteiger partial charge in [0.05, 0.1) is 11.0 Å². The van der Waals surface area contributed by atoms with Gasteiger partial charge >= 0.3 is 0 Å². The lowest BCUT2D eigenvalue weighted by atomic mass is 10.0. The van der Waals surface area contributed by atoms with Gasteiger partial charge in [-0.1, -0.05) is 42.8 Å². The maximum absolute atomic E-state index is 12.2. The third-order valence-electron chi connectivity index (χ3n) is 5.87. The minimum atomic E-state index is 0.0525. The number of aryl methyl sites for hydroxylation is 1. The number of carbonyl (C=O) groups is 1. The topological polar surface area (TPSA) is 61.0 Å². The second kappa shape index (κ2) is 9.23. The van der Waals surface area contributed by atoms with Gasteiger partial charge in [0.2, 0.25) is 5.91 Å². The Balaban J connectivity index is 1.22. The Morgan fingerprint density at radius 2 is 1.93 bits per heavy atom. The van der Waals surface area contributed by atoms with Crippen molar-refractivity contribution in [1.82, 2.24) is 20.2 Å². The molecule has 1 saturated heterocycles. The van der Waals surface area contributed by atoms with E-state index in [0.717, 1.165) is 29.0 Å². The van der Waals surface area contributed by atoms with Crippen LogP contribution in [0.1, 0.15) is 49.6 Å². The second-order valence-corrected chi connectivity index (χ2v) is 8.11. The molecule has 1 aromatic heterocycles. The summed E-state index contributed by atoms with van der Waals surface area (Å²) in [6.45, 7) is 5.11. The number of rotatable bonds is 7. The van der Waals surface area contributed by atoms with Crippen LogP contribution in [0.15, 0.2) is 48.5 Å². The van der Waals surface area contributed by atoms with E-state index in [1.54, 1.807) is 0 Å². The molecule has 3 aromatic rings. The molecular formula is C24H30N4O. The lowest BCUT2D eigenvalue weighted by molar-refractivity contribution is -0.121. The average Bonchev–Trinajstić information content (AvgIpc) is 3.16. The van der Waals surface area contributed by atoms with Gasteiger partial charge in [0.1, 0.15) is 5.82 Å². The Labute approximate surface area is 172 Å². The van der Waals surface area contributed by atoms with E-state index in [1.165, 1.54) is 31.4 Å². The molecule has 29 heavy (non-hydrogen) atoms. The molecule has 1 aliphatic rings. The van der Waals surface area contributed by atoms with Gasteiger partial charge in [0.15, 0.2) is 0 Å². The highest BCUT2D eigenvalue weighted by molar-refractivity contribution is 5.77. The maximum Gasteiger partial charge on any atom is 0.220 e. The standard InChI is InChI=1S/C24H30N4O/c1-18-6-4-5-15-28(18)17-20-11-9-19(10-12-20)16-25-24(29)14-13-23-26-21-7-2-3-8-22(21)27-23/h2-3,7-12,18H,4-6,13-17H2,1H3,(H,25,29)(H,26,27)/t18-/m0/s1. The summed E-state index contributed by atoms with van der Waals surface area (Å²) in [4.78, 5) is 22.6. The van der Waals surface area contributed by atoms with Gasteiger partial charge in [-0.3, -0.25) is 9.69 Å². The summed E-state index contributed by atoms with van der Waals surface area (Å²) in [5, 5.41) is 3.02. The number of amides is 1. The molecule has 1 amide bonds. The molecule has 2 N–H and O–H groups in total. The molecule has 0 saturated carbocycles. The average molecular weight is 391 g/mol. The summed E-state index contributed by atoms with van der Waals surface area (Å²) in [5.41, 5.74) is 4.44. The molecule has 0 bridgehead atoms. The highest BCUT2D eigenvalue weighted by atomic mass is 16.1. The first-order valence-electron chi connectivity index (χ1n) is 10.7. The number of carbonyl (C=O) groups excluding carboxylic acids is 1. The highest BCUT2D eigenvalue weighted by Crippen LogP contribution is 2.19. The highest BCUT2D eigenvalue weighted by Gasteiger charge is 2.17. The fraction of sp³-hybridized carbons (Fsp3) is 0.417. The SMILES string of the molecule is C[C@H]1CCCCN1Cc1ccc(CNC(=O)CCc2nc3ccccc3[nH]2)cc1. The normalized spacial score (nSPS) is 17.5. The molecule has 1 aliphatic heterocycles. The zero-order valence-electron chi connectivity index (χ0n) is 17.2. The van der Waals surface area contributed by atoms with Crippen LogP contribution in [0.2, 0.25) is 0 Å². The number of H-pyrrole nitrogens is 1. The summed E-state index contributed by atoms with van der Waals surface area (Å²) >= 11 is 0. The smallest absolute Gasteiger partial charge is 0.220 e. The summed E-state index contributed by atoms with van der Waals surface area (Å²) < 4.78 is 0. The van der Waals surface area contributed by atoms with Crippen LogP contribution < -0.4 is 5.32 Å². The van der Waals surface area contributed by atoms with Crippen molar-refractivity contribution in [2.24, 2.45) is 0 Å². The van der Waals surface area contributed by atoms with Crippen molar-refractivity contribution in [2.45, 2.75) is 58.2 Å². The summed E-state index contributed by atoms with van der Waals surface area (Å²) in [5.74, 6) is 0.911. The van der Waals surface area contributed by atoms with Crippen LogP contribution in [0.3, 0.4) is 0 Å². The van der Waals surface area contributed by atoms with Crippen molar-refractivity contribution in [2.75, 3.05) is 6.54 Å². The zero-order chi connectivity index (χ0) is 20.1. The third kappa shape index (κ3) is 5.24. The minimum Gasteiger partial charge on any atom is -0.352 e. The number of para-hydroxylation sites is 2. The van der Waals surface area contributed by atoms with Gasteiger partial charge in [0, 0.05) is 32.0 Å². The molecule has 0 radical (unpaired) electrons. The van der Waals surface area contributed by atoms with E-state index < -0.39 is 0 Å². The second-order valence-electron chi connectivity index (χ2n) is 8.11. The Kier molecular flexibility index (Phi) is 6.25. The molecule has 5 nitrogen and oxygen atoms in total. The number of aromatic amines is 1. The van der Waals surface area contributed by atoms with Crippen LogP contribution in [-0.2, 0) is 24.3 Å². The molecule has 0 unspecified atom stereocenters. The summed E-state index contributed by atoms with van der Waals surface area (Å²) in [6, 6.07) is 17.2. The molecular weight excluding hydrogens is 360 g/mol. The fourth-order valence-corrected chi connectivity index (χ4v) is 4.03. The van der Waals surface area contributed by atoms with E-state index in [1.807, 2.05) is 24.3 Å². The van der Waals surface area contributed by atoms with E-state index in [-0.39, 0.29) is 5.91 Å². The number of aromatic nitrogens is 2. The molecule has 1 atom stereocenters. The number of hydrogen-bond acceptors (Lipinski definition) is 3. The zero-order valence-corrected chi connectivity index (χ0v) is 17.2. The Bertz CT molecular complexity index is 914. The third-order valence-corrected chi connectivity index (χ3v) is 5.87. The quantitative estimate of drug-likeness (QED) is 0.636. The molecule has 4 rings (SSSR count). The van der Waals surface area contributed by atoms with Crippen LogP contribution >= 0.6 is 0 Å². The number of hydrogen-bond donors (Lipinski definition) is 2. The van der Waals surface area contributed by atoms with E-state index in [0.29, 0.717) is 25.4 Å². The van der Waals surface area contributed by atoms with E-state index >= 15 is 0 Å². The molecule has 5 heteroatoms. The van der Waals surface area contributed by atoms with Crippen LogP contribution in [0.4, 0.5) is 0 Å². The Hall–Kier alpha value is -2.66. The van der Waals surface area contributed by atoms with Crippen molar-refractivity contribution >= 4 is 16.9 Å². The molecule has 0 spiro atoms. The van der Waals surface area contributed by atoms with Crippen LogP contribution in [0.25, 0.3) is 11.0 Å². The van der Waals surface area contributed by atoms with Gasteiger partial charge in [-0.25, -0.2) is 4.98 Å². The number of piperidine rings is 1. The van der Waals surface area contributed by atoms with Gasteiger partial charge in [-0.05, 0) is 49.6 Å². The maximum atomic E-state index is 12.2. The first kappa shape index (κ1) is 19.6. The predicted molar refractivity (Wildman–Crippen MR) is 116 cm³/mol. The first-order valence-corrected chi connectivity index (χ1v) is 10.7. The fourth-order valence-electron chi connectivity index (χ4n) is 4.03. The first-order chi connectivity index (χ1) is 14.2. The number of imidazole rings is 1. The van der Waals surface area contributed by atoms with Crippen LogP contribution in [0.5, 0.6) is 0 Å². The number of nitrogens with one attached hydrogen (secondary N) is 2. The molecule has 2 aromatic carbocycles. The Morgan fingerprint density at radius 1 is 1.14 bits per heavy atom.